The molecule has 0 radical (unpaired) electrons. The fourth-order valence-corrected chi connectivity index (χ4v) is 9.08. The molecule has 2 aliphatic rings. The quantitative estimate of drug-likeness (QED) is 0.139. The molecule has 5 atom stereocenters. The number of rotatable bonds is 10. The molecule has 13 heteroatoms. The van der Waals surface area contributed by atoms with Crippen LogP contribution >= 0.6 is 23.1 Å². The summed E-state index contributed by atoms with van der Waals surface area (Å²) in [6, 6.07) is 30.2. The summed E-state index contributed by atoms with van der Waals surface area (Å²) in [5.41, 5.74) is 6.24. The number of thioether (sulfide) groups is 1. The summed E-state index contributed by atoms with van der Waals surface area (Å²) >= 11 is 3.35. The largest absolute Gasteiger partial charge is 0.471 e. The first-order valence-corrected chi connectivity index (χ1v) is 19.2. The van der Waals surface area contributed by atoms with Crippen LogP contribution in [0, 0.1) is 5.92 Å². The Morgan fingerprint density at radius 2 is 1.70 bits per heavy atom. The van der Waals surface area contributed by atoms with Gasteiger partial charge in [-0.2, -0.15) is 13.2 Å². The van der Waals surface area contributed by atoms with Crippen molar-refractivity contribution in [3.63, 3.8) is 0 Å². The van der Waals surface area contributed by atoms with Gasteiger partial charge in [0, 0.05) is 30.3 Å². The Bertz CT molecular complexity index is 2020. The molecule has 5 aromatic rings. The normalized spacial score (nSPS) is 21.9. The topological polar surface area (TPSA) is 101 Å². The van der Waals surface area contributed by atoms with Crippen molar-refractivity contribution in [2.75, 3.05) is 12.3 Å². The maximum absolute atomic E-state index is 13.0. The molecular weight excluding hydrogens is 724 g/mol. The molecule has 7 rings (SSSR count). The van der Waals surface area contributed by atoms with E-state index in [1.54, 1.807) is 23.1 Å². The lowest BCUT2D eigenvalue weighted by atomic mass is 9.91. The number of likely N-dealkylation sites (tertiary alicyclic amines) is 1. The second kappa shape index (κ2) is 16.0. The summed E-state index contributed by atoms with van der Waals surface area (Å²) in [4.78, 5) is 30.1. The SMILES string of the molecule is CC1C(CSc2nc3ccccc3s2)OC(c2ccc(-c3cccc(CNC(=O)C4CCCN4C(=O)C(F)(F)F)c3)cc2)OC1c1ccc(CO)cc1. The minimum Gasteiger partial charge on any atom is -0.392 e. The van der Waals surface area contributed by atoms with Crippen LogP contribution in [0.2, 0.25) is 0 Å². The van der Waals surface area contributed by atoms with Gasteiger partial charge in [-0.3, -0.25) is 9.59 Å². The van der Waals surface area contributed by atoms with E-state index in [0.717, 1.165) is 47.9 Å². The molecule has 4 aromatic carbocycles. The smallest absolute Gasteiger partial charge is 0.392 e. The Morgan fingerprint density at radius 1 is 0.943 bits per heavy atom. The van der Waals surface area contributed by atoms with E-state index >= 15 is 0 Å². The molecule has 0 saturated carbocycles. The van der Waals surface area contributed by atoms with Gasteiger partial charge in [-0.25, -0.2) is 4.98 Å². The minimum atomic E-state index is -5.02. The van der Waals surface area contributed by atoms with Crippen LogP contribution in [0.25, 0.3) is 21.3 Å². The molecule has 8 nitrogen and oxygen atoms in total. The van der Waals surface area contributed by atoms with Gasteiger partial charge in [0.2, 0.25) is 5.91 Å². The Balaban J connectivity index is 1.04. The summed E-state index contributed by atoms with van der Waals surface area (Å²) < 4.78 is 54.5. The zero-order valence-corrected chi connectivity index (χ0v) is 30.4. The first-order valence-electron chi connectivity index (χ1n) is 17.4. The van der Waals surface area contributed by atoms with Crippen molar-refractivity contribution in [3.8, 4) is 11.1 Å². The van der Waals surface area contributed by atoms with Crippen LogP contribution in [0.5, 0.6) is 0 Å². The summed E-state index contributed by atoms with van der Waals surface area (Å²) in [6.07, 6.45) is -5.53. The Kier molecular flexibility index (Phi) is 11.2. The molecule has 1 aromatic heterocycles. The van der Waals surface area contributed by atoms with Crippen LogP contribution in [0.15, 0.2) is 101 Å². The van der Waals surface area contributed by atoms with Crippen molar-refractivity contribution in [2.45, 2.75) is 68.0 Å². The molecule has 2 saturated heterocycles. The fraction of sp³-hybridized carbons (Fsp3) is 0.325. The van der Waals surface area contributed by atoms with Crippen LogP contribution in [0.4, 0.5) is 13.2 Å². The van der Waals surface area contributed by atoms with E-state index in [2.05, 4.69) is 18.3 Å². The highest BCUT2D eigenvalue weighted by Crippen LogP contribution is 2.44. The summed E-state index contributed by atoms with van der Waals surface area (Å²) in [6.45, 7) is 2.11. The second-order valence-electron chi connectivity index (χ2n) is 13.3. The van der Waals surface area contributed by atoms with Crippen molar-refractivity contribution in [1.29, 1.82) is 0 Å². The number of ether oxygens (including phenoxy) is 2. The maximum atomic E-state index is 13.0. The zero-order valence-electron chi connectivity index (χ0n) is 28.8. The number of nitrogens with zero attached hydrogens (tertiary/aromatic N) is 2. The van der Waals surface area contributed by atoms with E-state index in [-0.39, 0.29) is 44.2 Å². The number of hydrogen-bond acceptors (Lipinski definition) is 8. The van der Waals surface area contributed by atoms with Crippen LogP contribution in [0.1, 0.15) is 54.4 Å². The Labute approximate surface area is 313 Å². The highest BCUT2D eigenvalue weighted by atomic mass is 32.2. The van der Waals surface area contributed by atoms with Crippen molar-refractivity contribution < 1.29 is 37.3 Å². The van der Waals surface area contributed by atoms with Gasteiger partial charge in [0.1, 0.15) is 6.04 Å². The fourth-order valence-electron chi connectivity index (χ4n) is 6.82. The minimum absolute atomic E-state index is 0.0254. The van der Waals surface area contributed by atoms with Gasteiger partial charge in [0.25, 0.3) is 0 Å². The third kappa shape index (κ3) is 8.44. The third-order valence-electron chi connectivity index (χ3n) is 9.74. The Morgan fingerprint density at radius 3 is 2.43 bits per heavy atom. The number of fused-ring (bicyclic) bond motifs is 1. The molecular formula is C40H38F3N3O5S2. The maximum Gasteiger partial charge on any atom is 0.471 e. The molecule has 53 heavy (non-hydrogen) atoms. The lowest BCUT2D eigenvalue weighted by molar-refractivity contribution is -0.268. The van der Waals surface area contributed by atoms with Crippen LogP contribution in [0.3, 0.4) is 0 Å². The number of para-hydroxylation sites is 1. The van der Waals surface area contributed by atoms with E-state index in [9.17, 15) is 27.9 Å². The van der Waals surface area contributed by atoms with Crippen molar-refractivity contribution in [1.82, 2.24) is 15.2 Å². The summed E-state index contributed by atoms with van der Waals surface area (Å²) in [7, 11) is 0. The Hall–Kier alpha value is -4.27. The van der Waals surface area contributed by atoms with Gasteiger partial charge in [-0.15, -0.1) is 11.3 Å². The first-order chi connectivity index (χ1) is 25.6. The van der Waals surface area contributed by atoms with E-state index in [1.807, 2.05) is 91.0 Å². The monoisotopic (exact) mass is 761 g/mol. The first kappa shape index (κ1) is 37.1. The molecule has 2 aliphatic heterocycles. The number of carbonyl (C=O) groups is 2. The number of alkyl halides is 3. The molecule has 0 spiro atoms. The molecule has 2 N–H and O–H groups in total. The second-order valence-corrected chi connectivity index (χ2v) is 15.6. The number of aliphatic hydroxyl groups excluding tert-OH is 1. The third-order valence-corrected chi connectivity index (χ3v) is 12.0. The van der Waals surface area contributed by atoms with Crippen LogP contribution in [-0.4, -0.2) is 57.4 Å². The number of thiazole rings is 1. The highest BCUT2D eigenvalue weighted by molar-refractivity contribution is 8.01. The number of aliphatic hydroxyl groups is 1. The molecule has 2 amide bonds. The highest BCUT2D eigenvalue weighted by Gasteiger charge is 2.47. The van der Waals surface area contributed by atoms with Crippen LogP contribution < -0.4 is 5.32 Å². The predicted octanol–water partition coefficient (Wildman–Crippen LogP) is 8.21. The van der Waals surface area contributed by atoms with Gasteiger partial charge >= 0.3 is 12.1 Å². The average Bonchev–Trinajstić information content (AvgIpc) is 3.84. The molecule has 0 bridgehead atoms. The van der Waals surface area contributed by atoms with E-state index in [4.69, 9.17) is 14.5 Å². The van der Waals surface area contributed by atoms with E-state index in [1.165, 1.54) is 0 Å². The lowest BCUT2D eigenvalue weighted by Crippen LogP contribution is -2.50. The zero-order chi connectivity index (χ0) is 37.1. The molecule has 3 heterocycles. The number of hydrogen-bond donors (Lipinski definition) is 2. The lowest BCUT2D eigenvalue weighted by Gasteiger charge is -2.41. The standard InChI is InChI=1S/C40H38F3N3O5S2/c1-24-33(23-52-39-45-31-8-2-3-10-34(31)53-39)50-37(51-35(24)28-13-11-25(22-47)12-14-28)29-17-15-27(16-18-29)30-7-4-6-26(20-30)21-44-36(48)32-9-5-19-46(32)38(49)40(41,42)43/h2-4,6-8,10-18,20,24,32-33,35,37,47H,5,9,19,21-23H2,1H3,(H,44,48). The average molecular weight is 762 g/mol. The number of benzene rings is 4. The van der Waals surface area contributed by atoms with Crippen LogP contribution in [-0.2, 0) is 32.2 Å². The van der Waals surface area contributed by atoms with Gasteiger partial charge in [0.05, 0.1) is 29.0 Å². The summed E-state index contributed by atoms with van der Waals surface area (Å²) in [5, 5.41) is 12.3. The predicted molar refractivity (Wildman–Crippen MR) is 198 cm³/mol. The van der Waals surface area contributed by atoms with Gasteiger partial charge in [-0.1, -0.05) is 97.5 Å². The summed E-state index contributed by atoms with van der Waals surface area (Å²) in [5.74, 6) is -1.87. The number of halogens is 3. The van der Waals surface area contributed by atoms with Gasteiger partial charge in [0.15, 0.2) is 10.6 Å². The number of carbonyl (C=O) groups excluding carboxylic acids is 2. The van der Waals surface area contributed by atoms with E-state index in [0.29, 0.717) is 17.1 Å². The van der Waals surface area contributed by atoms with Gasteiger partial charge in [-0.05, 0) is 58.9 Å². The molecule has 2 fully saturated rings. The molecule has 276 valence electrons. The molecule has 5 unspecified atom stereocenters. The van der Waals surface area contributed by atoms with Crippen molar-refractivity contribution in [3.05, 3.63) is 119 Å². The number of amides is 2. The van der Waals surface area contributed by atoms with Crippen molar-refractivity contribution in [2.24, 2.45) is 5.92 Å². The number of aromatic nitrogens is 1. The van der Waals surface area contributed by atoms with E-state index < -0.39 is 30.3 Å². The van der Waals surface area contributed by atoms with Gasteiger partial charge < -0.3 is 24.8 Å². The molecule has 0 aliphatic carbocycles. The number of nitrogens with one attached hydrogen (secondary N) is 1. The van der Waals surface area contributed by atoms with Crippen molar-refractivity contribution >= 4 is 45.1 Å².